The van der Waals surface area contributed by atoms with Gasteiger partial charge in [0.25, 0.3) is 0 Å². The van der Waals surface area contributed by atoms with Crippen molar-refractivity contribution in [1.82, 2.24) is 15.1 Å². The first-order valence-corrected chi connectivity index (χ1v) is 12.0. The number of benzene rings is 2. The van der Waals surface area contributed by atoms with E-state index in [9.17, 15) is 9.59 Å². The number of urea groups is 1. The standard InChI is InChI=1S/C24H27Cl2N7O2/c1-32-22(28-13-15-5-4-6-16(25)11-15)18(21(27)34)14-29-23(32)30-17-7-8-19(26)20(12-17)31-24(35)33-9-2-3-10-33/h4-8,11-12,14,22,28H,2-3,9-10,13H2,1H3,(H2,27,34)(H,29,30)(H,31,35). The van der Waals surface area contributed by atoms with Crippen LogP contribution in [0, 0.1) is 0 Å². The minimum Gasteiger partial charge on any atom is -0.366 e. The number of carbonyl (C=O) groups excluding carboxylic acids is 2. The molecule has 1 unspecified atom stereocenters. The number of anilines is 2. The van der Waals surface area contributed by atoms with Crippen molar-refractivity contribution in [1.29, 1.82) is 0 Å². The van der Waals surface area contributed by atoms with E-state index < -0.39 is 12.1 Å². The average molecular weight is 516 g/mol. The Balaban J connectivity index is 1.49. The van der Waals surface area contributed by atoms with Crippen LogP contribution >= 0.6 is 23.2 Å². The van der Waals surface area contributed by atoms with Gasteiger partial charge in [-0.25, -0.2) is 9.79 Å². The molecule has 9 nitrogen and oxygen atoms in total. The summed E-state index contributed by atoms with van der Waals surface area (Å²) >= 11 is 12.4. The molecule has 2 heterocycles. The molecule has 2 aliphatic rings. The van der Waals surface area contributed by atoms with Gasteiger partial charge < -0.3 is 26.2 Å². The van der Waals surface area contributed by atoms with Crippen molar-refractivity contribution in [2.24, 2.45) is 10.7 Å². The molecule has 11 heteroatoms. The second-order valence-corrected chi connectivity index (χ2v) is 9.21. The molecule has 0 saturated carbocycles. The summed E-state index contributed by atoms with van der Waals surface area (Å²) in [7, 11) is 1.80. The highest BCUT2D eigenvalue weighted by Crippen LogP contribution is 2.27. The van der Waals surface area contributed by atoms with Crippen LogP contribution in [0.5, 0.6) is 0 Å². The lowest BCUT2D eigenvalue weighted by Crippen LogP contribution is -2.53. The Morgan fingerprint density at radius 2 is 1.91 bits per heavy atom. The third-order valence-electron chi connectivity index (χ3n) is 5.87. The zero-order chi connectivity index (χ0) is 24.9. The highest BCUT2D eigenvalue weighted by molar-refractivity contribution is 6.33. The van der Waals surface area contributed by atoms with Crippen molar-refractivity contribution in [3.63, 3.8) is 0 Å². The van der Waals surface area contributed by atoms with E-state index in [0.29, 0.717) is 39.5 Å². The number of guanidine groups is 1. The minimum absolute atomic E-state index is 0.173. The van der Waals surface area contributed by atoms with Gasteiger partial charge in [-0.1, -0.05) is 35.3 Å². The fraction of sp³-hybridized carbons (Fsp3) is 0.292. The van der Waals surface area contributed by atoms with Gasteiger partial charge in [-0.15, -0.1) is 0 Å². The normalized spacial score (nSPS) is 17.6. The summed E-state index contributed by atoms with van der Waals surface area (Å²) in [6.07, 6.45) is 2.93. The number of likely N-dealkylation sites (N-methyl/N-ethyl adjacent to an activating group) is 1. The van der Waals surface area contributed by atoms with Crippen LogP contribution in [0.15, 0.2) is 59.2 Å². The first-order chi connectivity index (χ1) is 16.8. The molecule has 0 spiro atoms. The lowest BCUT2D eigenvalue weighted by atomic mass is 10.1. The third kappa shape index (κ3) is 6.05. The number of likely N-dealkylation sites (tertiary alicyclic amines) is 1. The van der Waals surface area contributed by atoms with Crippen molar-refractivity contribution in [3.05, 3.63) is 69.8 Å². The first kappa shape index (κ1) is 24.8. The van der Waals surface area contributed by atoms with Gasteiger partial charge in [-0.05, 0) is 48.7 Å². The van der Waals surface area contributed by atoms with Gasteiger partial charge >= 0.3 is 6.03 Å². The van der Waals surface area contributed by atoms with E-state index in [1.807, 2.05) is 18.2 Å². The van der Waals surface area contributed by atoms with Crippen LogP contribution < -0.4 is 21.7 Å². The smallest absolute Gasteiger partial charge is 0.321 e. The van der Waals surface area contributed by atoms with Gasteiger partial charge in [0.1, 0.15) is 6.17 Å². The van der Waals surface area contributed by atoms with E-state index >= 15 is 0 Å². The van der Waals surface area contributed by atoms with E-state index in [-0.39, 0.29) is 6.03 Å². The Hall–Kier alpha value is -3.27. The highest BCUT2D eigenvalue weighted by Gasteiger charge is 2.29. The lowest BCUT2D eigenvalue weighted by Gasteiger charge is -2.34. The molecule has 0 aliphatic carbocycles. The number of rotatable bonds is 6. The molecule has 1 atom stereocenters. The predicted molar refractivity (Wildman–Crippen MR) is 139 cm³/mol. The molecule has 184 valence electrons. The molecule has 3 amide bonds. The van der Waals surface area contributed by atoms with Gasteiger partial charge in [0.05, 0.1) is 16.3 Å². The minimum atomic E-state index is -0.568. The Labute approximate surface area is 214 Å². The molecule has 2 aromatic rings. The maximum atomic E-state index is 12.5. The number of aliphatic imine (C=N–C) groups is 1. The number of nitrogens with zero attached hydrogens (tertiary/aromatic N) is 3. The Kier molecular flexibility index (Phi) is 7.80. The summed E-state index contributed by atoms with van der Waals surface area (Å²) in [5.41, 5.74) is 8.06. The van der Waals surface area contributed by atoms with Gasteiger partial charge in [0, 0.05) is 43.6 Å². The quantitative estimate of drug-likeness (QED) is 0.466. The van der Waals surface area contributed by atoms with Crippen LogP contribution in [0.1, 0.15) is 18.4 Å². The molecule has 35 heavy (non-hydrogen) atoms. The van der Waals surface area contributed by atoms with Crippen molar-refractivity contribution >= 4 is 52.5 Å². The highest BCUT2D eigenvalue weighted by atomic mass is 35.5. The first-order valence-electron chi connectivity index (χ1n) is 11.2. The lowest BCUT2D eigenvalue weighted by molar-refractivity contribution is -0.115. The SMILES string of the molecule is CN1C(Nc2ccc(Cl)c(NC(=O)N3CCCC3)c2)=NC=C(C(N)=O)C1NCc1cccc(Cl)c1. The number of halogens is 2. The number of carbonyl (C=O) groups is 2. The number of nitrogens with two attached hydrogens (primary N) is 1. The maximum Gasteiger partial charge on any atom is 0.321 e. The average Bonchev–Trinajstić information content (AvgIpc) is 3.37. The number of amides is 3. The van der Waals surface area contributed by atoms with Crippen molar-refractivity contribution in [2.75, 3.05) is 30.8 Å². The predicted octanol–water partition coefficient (Wildman–Crippen LogP) is 3.82. The summed E-state index contributed by atoms with van der Waals surface area (Å²) in [6, 6.07) is 12.5. The van der Waals surface area contributed by atoms with Crippen LogP contribution in [-0.2, 0) is 11.3 Å². The van der Waals surface area contributed by atoms with E-state index in [2.05, 4.69) is 20.9 Å². The molecule has 2 aromatic carbocycles. The van der Waals surface area contributed by atoms with Crippen LogP contribution in [0.25, 0.3) is 0 Å². The van der Waals surface area contributed by atoms with Gasteiger partial charge in [0.2, 0.25) is 11.9 Å². The van der Waals surface area contributed by atoms with Crippen molar-refractivity contribution in [3.8, 4) is 0 Å². The largest absolute Gasteiger partial charge is 0.366 e. The van der Waals surface area contributed by atoms with E-state index in [0.717, 1.165) is 31.5 Å². The monoisotopic (exact) mass is 515 g/mol. The van der Waals surface area contributed by atoms with Crippen LogP contribution in [0.3, 0.4) is 0 Å². The Morgan fingerprint density at radius 3 is 2.63 bits per heavy atom. The molecule has 1 saturated heterocycles. The van der Waals surface area contributed by atoms with Crippen LogP contribution in [-0.4, -0.2) is 54.0 Å². The Morgan fingerprint density at radius 1 is 1.14 bits per heavy atom. The second-order valence-electron chi connectivity index (χ2n) is 8.37. The molecular weight excluding hydrogens is 489 g/mol. The van der Waals surface area contributed by atoms with Gasteiger partial charge in [0.15, 0.2) is 0 Å². The summed E-state index contributed by atoms with van der Waals surface area (Å²) < 4.78 is 0. The fourth-order valence-corrected chi connectivity index (χ4v) is 4.37. The molecule has 5 N–H and O–H groups in total. The zero-order valence-electron chi connectivity index (χ0n) is 19.2. The molecule has 0 bridgehead atoms. The van der Waals surface area contributed by atoms with Gasteiger partial charge in [-0.3, -0.25) is 10.1 Å². The molecule has 4 rings (SSSR count). The third-order valence-corrected chi connectivity index (χ3v) is 6.44. The van der Waals surface area contributed by atoms with E-state index in [1.54, 1.807) is 41.1 Å². The zero-order valence-corrected chi connectivity index (χ0v) is 20.7. The molecule has 0 radical (unpaired) electrons. The number of hydrogen-bond donors (Lipinski definition) is 4. The molecule has 2 aliphatic heterocycles. The van der Waals surface area contributed by atoms with E-state index in [4.69, 9.17) is 28.9 Å². The van der Waals surface area contributed by atoms with Gasteiger partial charge in [-0.2, -0.15) is 0 Å². The number of primary amides is 1. The van der Waals surface area contributed by atoms with Crippen molar-refractivity contribution < 1.29 is 9.59 Å². The Bertz CT molecular complexity index is 1180. The summed E-state index contributed by atoms with van der Waals surface area (Å²) in [5, 5.41) is 10.5. The maximum absolute atomic E-state index is 12.5. The van der Waals surface area contributed by atoms with E-state index in [1.165, 1.54) is 6.20 Å². The fourth-order valence-electron chi connectivity index (χ4n) is 3.99. The number of nitrogens with one attached hydrogen (secondary N) is 3. The molecule has 1 fully saturated rings. The summed E-state index contributed by atoms with van der Waals surface area (Å²) in [6.45, 7) is 1.93. The second kappa shape index (κ2) is 11.0. The van der Waals surface area contributed by atoms with Crippen LogP contribution in [0.4, 0.5) is 16.2 Å². The summed E-state index contributed by atoms with van der Waals surface area (Å²) in [4.78, 5) is 32.5. The molecular formula is C24H27Cl2N7O2. The van der Waals surface area contributed by atoms with Crippen molar-refractivity contribution in [2.45, 2.75) is 25.6 Å². The summed E-state index contributed by atoms with van der Waals surface area (Å²) in [5.74, 6) is -0.0839. The number of hydrogen-bond acceptors (Lipinski definition) is 6. The van der Waals surface area contributed by atoms with Crippen LogP contribution in [0.2, 0.25) is 10.0 Å². The topological polar surface area (TPSA) is 115 Å². The molecule has 0 aromatic heterocycles.